The summed E-state index contributed by atoms with van der Waals surface area (Å²) >= 11 is 0. The molecule has 4 aromatic heterocycles. The summed E-state index contributed by atoms with van der Waals surface area (Å²) in [4.78, 5) is 15.1. The van der Waals surface area contributed by atoms with Crippen LogP contribution in [0.4, 0.5) is 0 Å². The van der Waals surface area contributed by atoms with Crippen LogP contribution in [0.5, 0.6) is 0 Å². The summed E-state index contributed by atoms with van der Waals surface area (Å²) in [6.07, 6.45) is 10.4. The van der Waals surface area contributed by atoms with E-state index in [1.807, 2.05) is 36.8 Å². The Kier molecular flexibility index (Phi) is 1.80. The lowest BCUT2D eigenvalue weighted by Crippen LogP contribution is -1.88. The van der Waals surface area contributed by atoms with Crippen LogP contribution in [0.3, 0.4) is 0 Å². The fourth-order valence-corrected chi connectivity index (χ4v) is 2.28. The monoisotopic (exact) mass is 233 g/mol. The highest BCUT2D eigenvalue weighted by molar-refractivity contribution is 6.00. The van der Waals surface area contributed by atoms with Gasteiger partial charge in [-0.3, -0.25) is 9.97 Å². The van der Waals surface area contributed by atoms with E-state index in [4.69, 9.17) is 0 Å². The minimum Gasteiger partial charge on any atom is -0.361 e. The van der Waals surface area contributed by atoms with Crippen LogP contribution in [0.15, 0.2) is 43.0 Å². The maximum Gasteiger partial charge on any atom is 0.0987 e. The van der Waals surface area contributed by atoms with Crippen molar-refractivity contribution < 1.29 is 0 Å². The number of nitrogens with one attached hydrogen (secondary N) is 2. The van der Waals surface area contributed by atoms with Crippen molar-refractivity contribution in [2.45, 2.75) is 0 Å². The Balaban J connectivity index is 2.13. The Labute approximate surface area is 103 Å². The maximum atomic E-state index is 4.47. The third-order valence-electron chi connectivity index (χ3n) is 3.12. The molecule has 0 unspecified atom stereocenters. The minimum atomic E-state index is 0.909. The molecule has 4 aromatic rings. The highest BCUT2D eigenvalue weighted by atomic mass is 14.8. The van der Waals surface area contributed by atoms with Crippen LogP contribution in [0.25, 0.3) is 33.1 Å². The fourth-order valence-electron chi connectivity index (χ4n) is 2.28. The van der Waals surface area contributed by atoms with Gasteiger partial charge in [-0.1, -0.05) is 0 Å². The number of nitrogens with zero attached hydrogens (tertiary/aromatic N) is 2. The molecule has 0 aliphatic heterocycles. The molecule has 18 heavy (non-hydrogen) atoms. The SMILES string of the molecule is [c]1ncc(-c2nccc3cc[nH]c23)c2[nH]ccc12. The zero-order chi connectivity index (χ0) is 11.9. The number of aromatic amines is 2. The van der Waals surface area contributed by atoms with Gasteiger partial charge in [-0.25, -0.2) is 0 Å². The van der Waals surface area contributed by atoms with E-state index in [2.05, 4.69) is 26.1 Å². The van der Waals surface area contributed by atoms with E-state index in [9.17, 15) is 0 Å². The van der Waals surface area contributed by atoms with Gasteiger partial charge in [0, 0.05) is 41.1 Å². The van der Waals surface area contributed by atoms with E-state index in [1.54, 1.807) is 6.20 Å². The first-order valence-corrected chi connectivity index (χ1v) is 5.70. The molecular formula is C14H9N4. The van der Waals surface area contributed by atoms with Crippen LogP contribution < -0.4 is 0 Å². The molecule has 4 nitrogen and oxygen atoms in total. The smallest absolute Gasteiger partial charge is 0.0987 e. The average molecular weight is 233 g/mol. The van der Waals surface area contributed by atoms with Crippen LogP contribution in [-0.4, -0.2) is 19.9 Å². The van der Waals surface area contributed by atoms with Gasteiger partial charge in [0.05, 0.1) is 22.9 Å². The molecule has 0 aliphatic rings. The number of H-pyrrole nitrogens is 2. The van der Waals surface area contributed by atoms with Gasteiger partial charge in [-0.2, -0.15) is 0 Å². The summed E-state index contributed by atoms with van der Waals surface area (Å²) in [5.41, 5.74) is 3.94. The quantitative estimate of drug-likeness (QED) is 0.531. The lowest BCUT2D eigenvalue weighted by atomic mass is 10.1. The van der Waals surface area contributed by atoms with Crippen molar-refractivity contribution in [2.24, 2.45) is 0 Å². The predicted molar refractivity (Wildman–Crippen MR) is 70.0 cm³/mol. The Morgan fingerprint density at radius 1 is 1.00 bits per heavy atom. The number of pyridine rings is 2. The Hall–Kier alpha value is -2.62. The summed E-state index contributed by atoms with van der Waals surface area (Å²) in [6, 6.07) is 5.99. The van der Waals surface area contributed by atoms with Crippen molar-refractivity contribution >= 4 is 21.8 Å². The zero-order valence-electron chi connectivity index (χ0n) is 9.44. The van der Waals surface area contributed by atoms with Gasteiger partial charge in [-0.15, -0.1) is 0 Å². The Morgan fingerprint density at radius 3 is 2.89 bits per heavy atom. The molecule has 0 bridgehead atoms. The van der Waals surface area contributed by atoms with Crippen molar-refractivity contribution in [3.8, 4) is 11.3 Å². The molecule has 4 heterocycles. The summed E-state index contributed by atoms with van der Waals surface area (Å²) in [5, 5.41) is 2.12. The molecule has 4 rings (SSSR count). The van der Waals surface area contributed by atoms with E-state index in [-0.39, 0.29) is 0 Å². The summed E-state index contributed by atoms with van der Waals surface area (Å²) in [5.74, 6) is 0. The number of hydrogen-bond acceptors (Lipinski definition) is 2. The van der Waals surface area contributed by atoms with Gasteiger partial charge in [0.2, 0.25) is 0 Å². The van der Waals surface area contributed by atoms with Gasteiger partial charge in [0.1, 0.15) is 0 Å². The summed E-state index contributed by atoms with van der Waals surface area (Å²) < 4.78 is 0. The largest absolute Gasteiger partial charge is 0.361 e. The number of hydrogen-bond donors (Lipinski definition) is 2. The molecule has 4 heteroatoms. The molecular weight excluding hydrogens is 224 g/mol. The van der Waals surface area contributed by atoms with Gasteiger partial charge < -0.3 is 9.97 Å². The van der Waals surface area contributed by atoms with Gasteiger partial charge in [-0.05, 0) is 18.2 Å². The molecule has 85 valence electrons. The van der Waals surface area contributed by atoms with Crippen LogP contribution in [-0.2, 0) is 0 Å². The second-order valence-electron chi connectivity index (χ2n) is 4.15. The van der Waals surface area contributed by atoms with E-state index in [0.29, 0.717) is 0 Å². The van der Waals surface area contributed by atoms with Gasteiger partial charge in [0.25, 0.3) is 0 Å². The topological polar surface area (TPSA) is 57.4 Å². The minimum absolute atomic E-state index is 0.909. The van der Waals surface area contributed by atoms with E-state index in [1.165, 1.54) is 0 Å². The molecule has 0 aliphatic carbocycles. The number of aromatic nitrogens is 4. The first kappa shape index (κ1) is 9.41. The van der Waals surface area contributed by atoms with Crippen molar-refractivity contribution in [1.82, 2.24) is 19.9 Å². The molecule has 2 N–H and O–H groups in total. The number of fused-ring (bicyclic) bond motifs is 2. The average Bonchev–Trinajstić information content (AvgIpc) is 3.06. The fraction of sp³-hybridized carbons (Fsp3) is 0. The second-order valence-corrected chi connectivity index (χ2v) is 4.15. The molecule has 0 aromatic carbocycles. The Morgan fingerprint density at radius 2 is 1.89 bits per heavy atom. The molecule has 0 fully saturated rings. The third kappa shape index (κ3) is 1.20. The lowest BCUT2D eigenvalue weighted by molar-refractivity contribution is 1.29. The summed E-state index contributed by atoms with van der Waals surface area (Å²) in [6.45, 7) is 0. The second kappa shape index (κ2) is 3.43. The van der Waals surface area contributed by atoms with E-state index >= 15 is 0 Å². The molecule has 0 spiro atoms. The third-order valence-corrected chi connectivity index (χ3v) is 3.12. The normalized spacial score (nSPS) is 11.3. The van der Waals surface area contributed by atoms with Crippen LogP contribution in [0.1, 0.15) is 0 Å². The maximum absolute atomic E-state index is 4.47. The molecule has 0 atom stereocenters. The van der Waals surface area contributed by atoms with E-state index < -0.39 is 0 Å². The molecule has 0 amide bonds. The first-order valence-electron chi connectivity index (χ1n) is 5.70. The first-order chi connectivity index (χ1) is 8.93. The molecule has 0 saturated heterocycles. The lowest BCUT2D eigenvalue weighted by Gasteiger charge is -2.03. The predicted octanol–water partition coefficient (Wildman–Crippen LogP) is 2.91. The van der Waals surface area contributed by atoms with Crippen LogP contribution in [0, 0.1) is 6.20 Å². The highest BCUT2D eigenvalue weighted by Crippen LogP contribution is 2.29. The highest BCUT2D eigenvalue weighted by Gasteiger charge is 2.10. The van der Waals surface area contributed by atoms with Crippen molar-refractivity contribution in [3.63, 3.8) is 0 Å². The zero-order valence-corrected chi connectivity index (χ0v) is 9.44. The van der Waals surface area contributed by atoms with Crippen LogP contribution >= 0.6 is 0 Å². The van der Waals surface area contributed by atoms with Crippen molar-refractivity contribution in [3.05, 3.63) is 49.2 Å². The standard InChI is InChI=1S/C14H9N4/c1-4-17-13-9(1)2-5-18-14(13)11-8-15-7-10-3-6-16-12(10)11/h1-6,8,16-17H. The molecule has 1 radical (unpaired) electrons. The van der Waals surface area contributed by atoms with Gasteiger partial charge >= 0.3 is 0 Å². The van der Waals surface area contributed by atoms with E-state index in [0.717, 1.165) is 33.1 Å². The van der Waals surface area contributed by atoms with Crippen molar-refractivity contribution in [1.29, 1.82) is 0 Å². The molecule has 0 saturated carbocycles. The number of rotatable bonds is 1. The van der Waals surface area contributed by atoms with Crippen molar-refractivity contribution in [2.75, 3.05) is 0 Å². The van der Waals surface area contributed by atoms with Gasteiger partial charge in [0.15, 0.2) is 0 Å². The Bertz CT molecular complexity index is 769. The summed E-state index contributed by atoms with van der Waals surface area (Å²) in [7, 11) is 0. The van der Waals surface area contributed by atoms with Crippen LogP contribution in [0.2, 0.25) is 0 Å².